The van der Waals surface area contributed by atoms with Gasteiger partial charge in [0.25, 0.3) is 0 Å². The lowest BCUT2D eigenvalue weighted by Crippen LogP contribution is -2.41. The van der Waals surface area contributed by atoms with E-state index in [1.54, 1.807) is 19.2 Å². The van der Waals surface area contributed by atoms with E-state index in [2.05, 4.69) is 0 Å². The first kappa shape index (κ1) is 18.8. The molecular formula is C17H25BO6. The molecular weight excluding hydrogens is 311 g/mol. The summed E-state index contributed by atoms with van der Waals surface area (Å²) in [5, 5.41) is 0. The average Bonchev–Trinajstić information content (AvgIpc) is 2.74. The van der Waals surface area contributed by atoms with Crippen molar-refractivity contribution < 1.29 is 28.3 Å². The van der Waals surface area contributed by atoms with Crippen LogP contribution < -0.4 is 10.2 Å². The zero-order valence-electron chi connectivity index (χ0n) is 15.2. The highest BCUT2D eigenvalue weighted by Crippen LogP contribution is 2.36. The van der Waals surface area contributed by atoms with Crippen molar-refractivity contribution in [1.82, 2.24) is 0 Å². The Morgan fingerprint density at radius 1 is 1.04 bits per heavy atom. The molecule has 1 aromatic carbocycles. The third-order valence-corrected chi connectivity index (χ3v) is 4.43. The van der Waals surface area contributed by atoms with Gasteiger partial charge in [-0.1, -0.05) is 0 Å². The largest absolute Gasteiger partial charge is 0.494 e. The van der Waals surface area contributed by atoms with Crippen molar-refractivity contribution in [2.45, 2.75) is 38.9 Å². The molecule has 1 heterocycles. The molecule has 0 bridgehead atoms. The molecule has 1 saturated heterocycles. The Balaban J connectivity index is 2.31. The summed E-state index contributed by atoms with van der Waals surface area (Å²) in [5.74, 6) is 0.102. The molecule has 0 spiro atoms. The first-order valence-corrected chi connectivity index (χ1v) is 7.91. The van der Waals surface area contributed by atoms with E-state index in [1.165, 1.54) is 7.11 Å². The summed E-state index contributed by atoms with van der Waals surface area (Å²) in [7, 11) is 2.36. The van der Waals surface area contributed by atoms with Gasteiger partial charge in [-0.3, -0.25) is 0 Å². The Kier molecular flexibility index (Phi) is 5.57. The van der Waals surface area contributed by atoms with Crippen LogP contribution in [0.4, 0.5) is 0 Å². The van der Waals surface area contributed by atoms with Gasteiger partial charge in [0.2, 0.25) is 0 Å². The van der Waals surface area contributed by atoms with Crippen molar-refractivity contribution in [2.75, 3.05) is 27.4 Å². The Labute approximate surface area is 143 Å². The van der Waals surface area contributed by atoms with Crippen LogP contribution in [-0.4, -0.2) is 51.7 Å². The topological polar surface area (TPSA) is 63.2 Å². The number of hydrogen-bond donors (Lipinski definition) is 0. The summed E-state index contributed by atoms with van der Waals surface area (Å²) >= 11 is 0. The van der Waals surface area contributed by atoms with E-state index in [9.17, 15) is 4.79 Å². The maximum Gasteiger partial charge on any atom is 0.494 e. The van der Waals surface area contributed by atoms with Gasteiger partial charge >= 0.3 is 13.1 Å². The second kappa shape index (κ2) is 7.13. The molecule has 0 amide bonds. The fourth-order valence-electron chi connectivity index (χ4n) is 2.30. The molecule has 0 saturated carbocycles. The van der Waals surface area contributed by atoms with Crippen LogP contribution in [0.1, 0.15) is 38.1 Å². The highest BCUT2D eigenvalue weighted by atomic mass is 16.7. The van der Waals surface area contributed by atoms with Gasteiger partial charge in [-0.05, 0) is 51.4 Å². The fourth-order valence-corrected chi connectivity index (χ4v) is 2.30. The van der Waals surface area contributed by atoms with Gasteiger partial charge in [0.1, 0.15) is 12.4 Å². The van der Waals surface area contributed by atoms with E-state index in [-0.39, 0.29) is 0 Å². The smallest absolute Gasteiger partial charge is 0.491 e. The number of rotatable bonds is 6. The lowest BCUT2D eigenvalue weighted by molar-refractivity contribution is 0.00578. The molecule has 7 heteroatoms. The molecule has 0 aromatic heterocycles. The highest BCUT2D eigenvalue weighted by Gasteiger charge is 2.51. The van der Waals surface area contributed by atoms with Gasteiger partial charge in [0, 0.05) is 7.11 Å². The Bertz CT molecular complexity index is 583. The second-order valence-corrected chi connectivity index (χ2v) is 6.71. The van der Waals surface area contributed by atoms with Gasteiger partial charge in [0.05, 0.1) is 30.5 Å². The van der Waals surface area contributed by atoms with Crippen LogP contribution in [-0.2, 0) is 18.8 Å². The van der Waals surface area contributed by atoms with Crippen LogP contribution in [0.2, 0.25) is 0 Å². The van der Waals surface area contributed by atoms with Gasteiger partial charge in [0.15, 0.2) is 0 Å². The molecule has 24 heavy (non-hydrogen) atoms. The van der Waals surface area contributed by atoms with Crippen LogP contribution in [0.15, 0.2) is 18.2 Å². The van der Waals surface area contributed by atoms with Crippen LogP contribution in [0.3, 0.4) is 0 Å². The third kappa shape index (κ3) is 3.91. The number of methoxy groups -OCH3 is 2. The van der Waals surface area contributed by atoms with Gasteiger partial charge in [-0.2, -0.15) is 0 Å². The molecule has 0 radical (unpaired) electrons. The minimum absolute atomic E-state index is 0.379. The van der Waals surface area contributed by atoms with E-state index in [0.29, 0.717) is 30.0 Å². The van der Waals surface area contributed by atoms with Crippen LogP contribution in [0.5, 0.6) is 5.75 Å². The van der Waals surface area contributed by atoms with Gasteiger partial charge in [-0.15, -0.1) is 0 Å². The molecule has 1 aliphatic heterocycles. The number of benzene rings is 1. The van der Waals surface area contributed by atoms with Crippen LogP contribution in [0.25, 0.3) is 0 Å². The molecule has 2 rings (SSSR count). The lowest BCUT2D eigenvalue weighted by atomic mass is 9.78. The van der Waals surface area contributed by atoms with Crippen molar-refractivity contribution in [3.63, 3.8) is 0 Å². The molecule has 1 aliphatic rings. The van der Waals surface area contributed by atoms with Crippen molar-refractivity contribution in [3.8, 4) is 5.75 Å². The molecule has 0 N–H and O–H groups in total. The lowest BCUT2D eigenvalue weighted by Gasteiger charge is -2.32. The Morgan fingerprint density at radius 2 is 1.67 bits per heavy atom. The monoisotopic (exact) mass is 336 g/mol. The zero-order chi connectivity index (χ0) is 18.0. The van der Waals surface area contributed by atoms with Gasteiger partial charge < -0.3 is 23.5 Å². The van der Waals surface area contributed by atoms with E-state index in [1.807, 2.05) is 33.8 Å². The molecule has 6 nitrogen and oxygen atoms in total. The Morgan fingerprint density at radius 3 is 2.21 bits per heavy atom. The maximum atomic E-state index is 11.9. The van der Waals surface area contributed by atoms with Crippen molar-refractivity contribution >= 4 is 18.6 Å². The summed E-state index contributed by atoms with van der Waals surface area (Å²) in [4.78, 5) is 11.9. The highest BCUT2D eigenvalue weighted by molar-refractivity contribution is 6.62. The van der Waals surface area contributed by atoms with Crippen LogP contribution >= 0.6 is 0 Å². The SMILES string of the molecule is COCCOc1cc(B2OC(C)(C)C(C)(C)O2)cc(C(=O)OC)c1. The third-order valence-electron chi connectivity index (χ3n) is 4.43. The number of carbonyl (C=O) groups excluding carboxylic acids is 1. The molecule has 1 fully saturated rings. The van der Waals surface area contributed by atoms with E-state index >= 15 is 0 Å². The number of hydrogen-bond acceptors (Lipinski definition) is 6. The van der Waals surface area contributed by atoms with E-state index < -0.39 is 24.3 Å². The first-order valence-electron chi connectivity index (χ1n) is 7.91. The number of esters is 1. The summed E-state index contributed by atoms with van der Waals surface area (Å²) in [6, 6.07) is 5.15. The number of carbonyl (C=O) groups is 1. The van der Waals surface area contributed by atoms with Crippen molar-refractivity contribution in [1.29, 1.82) is 0 Å². The summed E-state index contributed by atoms with van der Waals surface area (Å²) in [6.07, 6.45) is 0. The molecule has 0 aliphatic carbocycles. The minimum Gasteiger partial charge on any atom is -0.491 e. The van der Waals surface area contributed by atoms with Crippen molar-refractivity contribution in [3.05, 3.63) is 23.8 Å². The van der Waals surface area contributed by atoms with Crippen LogP contribution in [0, 0.1) is 0 Å². The van der Waals surface area contributed by atoms with Crippen molar-refractivity contribution in [2.24, 2.45) is 0 Å². The first-order chi connectivity index (χ1) is 11.2. The standard InChI is InChI=1S/C17H25BO6/c1-16(2)17(3,4)24-18(23-16)13-9-12(15(19)21-6)10-14(11-13)22-8-7-20-5/h9-11H,7-8H2,1-6H3. The molecule has 1 aromatic rings. The van der Waals surface area contributed by atoms with Gasteiger partial charge in [-0.25, -0.2) is 4.79 Å². The summed E-state index contributed by atoms with van der Waals surface area (Å²) in [5.41, 5.74) is 0.174. The quantitative estimate of drug-likeness (QED) is 0.448. The zero-order valence-corrected chi connectivity index (χ0v) is 15.2. The molecule has 0 unspecified atom stereocenters. The Hall–Kier alpha value is -1.57. The predicted molar refractivity (Wildman–Crippen MR) is 90.9 cm³/mol. The molecule has 0 atom stereocenters. The summed E-state index contributed by atoms with van der Waals surface area (Å²) < 4.78 is 27.5. The second-order valence-electron chi connectivity index (χ2n) is 6.71. The molecule has 132 valence electrons. The fraction of sp³-hybridized carbons (Fsp3) is 0.588. The normalized spacial score (nSPS) is 18.5. The summed E-state index contributed by atoms with van der Waals surface area (Å²) in [6.45, 7) is 8.75. The average molecular weight is 336 g/mol. The number of ether oxygens (including phenoxy) is 3. The van der Waals surface area contributed by atoms with E-state index in [0.717, 1.165) is 0 Å². The minimum atomic E-state index is -0.579. The van der Waals surface area contributed by atoms with E-state index in [4.69, 9.17) is 23.5 Å². The maximum absolute atomic E-state index is 11.9. The predicted octanol–water partition coefficient (Wildman–Crippen LogP) is 1.80.